The van der Waals surface area contributed by atoms with Crippen molar-refractivity contribution in [1.29, 1.82) is 0 Å². The second-order valence-corrected chi connectivity index (χ2v) is 7.35. The van der Waals surface area contributed by atoms with Crippen LogP contribution in [0.5, 0.6) is 0 Å². The molecule has 2 aliphatic heterocycles. The van der Waals surface area contributed by atoms with E-state index < -0.39 is 6.10 Å². The van der Waals surface area contributed by atoms with Crippen LogP contribution >= 0.6 is 0 Å². The van der Waals surface area contributed by atoms with E-state index in [1.165, 1.54) is 11.0 Å². The molecular weight excluding hydrogens is 360 g/mol. The molecular formula is C19H24N6O3. The van der Waals surface area contributed by atoms with E-state index in [0.29, 0.717) is 19.5 Å². The lowest BCUT2D eigenvalue weighted by Gasteiger charge is -2.36. The van der Waals surface area contributed by atoms with Crippen LogP contribution in [0.1, 0.15) is 35.6 Å². The van der Waals surface area contributed by atoms with E-state index in [1.807, 2.05) is 18.2 Å². The van der Waals surface area contributed by atoms with E-state index in [9.17, 15) is 9.59 Å². The minimum Gasteiger partial charge on any atom is -0.363 e. The van der Waals surface area contributed by atoms with Crippen molar-refractivity contribution in [2.45, 2.75) is 44.1 Å². The zero-order valence-electron chi connectivity index (χ0n) is 16.1. The quantitative estimate of drug-likeness (QED) is 0.768. The van der Waals surface area contributed by atoms with Gasteiger partial charge in [0.2, 0.25) is 5.82 Å². The van der Waals surface area contributed by atoms with Gasteiger partial charge < -0.3 is 14.5 Å². The summed E-state index contributed by atoms with van der Waals surface area (Å²) in [6, 6.07) is 5.63. The zero-order chi connectivity index (χ0) is 19.7. The molecule has 2 aliphatic rings. The monoisotopic (exact) mass is 384 g/mol. The van der Waals surface area contributed by atoms with Gasteiger partial charge in [-0.3, -0.25) is 19.3 Å². The Morgan fingerprint density at radius 3 is 2.82 bits per heavy atom. The van der Waals surface area contributed by atoms with Crippen LogP contribution in [0, 0.1) is 0 Å². The maximum atomic E-state index is 12.8. The minimum atomic E-state index is -0.474. The molecule has 0 N–H and O–H groups in total. The molecule has 2 aromatic rings. The van der Waals surface area contributed by atoms with Gasteiger partial charge in [-0.2, -0.15) is 0 Å². The third kappa shape index (κ3) is 3.62. The van der Waals surface area contributed by atoms with Crippen molar-refractivity contribution in [3.63, 3.8) is 0 Å². The Morgan fingerprint density at radius 1 is 1.25 bits per heavy atom. The number of amides is 2. The fourth-order valence-electron chi connectivity index (χ4n) is 3.98. The fraction of sp³-hybridized carbons (Fsp3) is 0.526. The maximum Gasteiger partial charge on any atom is 0.293 e. The third-order valence-electron chi connectivity index (χ3n) is 5.38. The first-order valence-electron chi connectivity index (χ1n) is 9.50. The number of fused-ring (bicyclic) bond motifs is 1. The van der Waals surface area contributed by atoms with Crippen molar-refractivity contribution in [1.82, 2.24) is 29.5 Å². The van der Waals surface area contributed by atoms with Gasteiger partial charge in [0.05, 0.1) is 24.4 Å². The Bertz CT molecular complexity index is 854. The molecule has 9 nitrogen and oxygen atoms in total. The van der Waals surface area contributed by atoms with Gasteiger partial charge in [0.25, 0.3) is 11.8 Å². The fourth-order valence-corrected chi connectivity index (χ4v) is 3.98. The minimum absolute atomic E-state index is 0.0264. The van der Waals surface area contributed by atoms with Gasteiger partial charge in [-0.15, -0.1) is 5.10 Å². The van der Waals surface area contributed by atoms with Gasteiger partial charge in [-0.05, 0) is 31.4 Å². The molecule has 2 fully saturated rings. The normalized spacial score (nSPS) is 24.1. The van der Waals surface area contributed by atoms with Crippen LogP contribution in [0.2, 0.25) is 0 Å². The molecule has 148 valence electrons. The summed E-state index contributed by atoms with van der Waals surface area (Å²) in [5.41, 5.74) is 0.840. The summed E-state index contributed by atoms with van der Waals surface area (Å²) in [7, 11) is 3.50. The Hall–Kier alpha value is -2.81. The van der Waals surface area contributed by atoms with Crippen molar-refractivity contribution >= 4 is 11.8 Å². The number of likely N-dealkylation sites (N-methyl/N-ethyl adjacent to an activating group) is 1. The Morgan fingerprint density at radius 2 is 2.11 bits per heavy atom. The van der Waals surface area contributed by atoms with Crippen LogP contribution in [0.4, 0.5) is 0 Å². The molecule has 0 radical (unpaired) electrons. The van der Waals surface area contributed by atoms with Crippen LogP contribution in [-0.2, 0) is 23.1 Å². The van der Waals surface area contributed by atoms with Crippen molar-refractivity contribution < 1.29 is 14.3 Å². The summed E-state index contributed by atoms with van der Waals surface area (Å²) in [5, 5.41) is 4.11. The van der Waals surface area contributed by atoms with E-state index in [4.69, 9.17) is 4.74 Å². The summed E-state index contributed by atoms with van der Waals surface area (Å²) >= 11 is 0. The van der Waals surface area contributed by atoms with E-state index in [-0.39, 0.29) is 29.8 Å². The van der Waals surface area contributed by atoms with Crippen LogP contribution < -0.4 is 0 Å². The first kappa shape index (κ1) is 18.5. The number of likely N-dealkylation sites (tertiary alicyclic amines) is 1. The van der Waals surface area contributed by atoms with Gasteiger partial charge in [-0.25, -0.2) is 4.98 Å². The SMILES string of the molecule is CN(Cc1ccccn1)C(=O)[C@@H]1CC[C@@H]2[C@@H](CCN2C(=O)c2ncn(C)n2)O1. The lowest BCUT2D eigenvalue weighted by molar-refractivity contribution is -0.153. The first-order chi connectivity index (χ1) is 13.5. The molecule has 28 heavy (non-hydrogen) atoms. The largest absolute Gasteiger partial charge is 0.363 e. The molecule has 2 saturated heterocycles. The summed E-state index contributed by atoms with van der Waals surface area (Å²) in [4.78, 5) is 37.3. The molecule has 4 rings (SSSR count). The number of aromatic nitrogens is 4. The van der Waals surface area contributed by atoms with Crippen molar-refractivity contribution in [3.8, 4) is 0 Å². The lowest BCUT2D eigenvalue weighted by Crippen LogP contribution is -2.49. The molecule has 2 aromatic heterocycles. The number of pyridine rings is 1. The number of carbonyl (C=O) groups is 2. The molecule has 4 heterocycles. The summed E-state index contributed by atoms with van der Waals surface area (Å²) in [6.07, 6.45) is 4.68. The molecule has 2 amide bonds. The molecule has 0 unspecified atom stereocenters. The average Bonchev–Trinajstić information content (AvgIpc) is 3.33. The van der Waals surface area contributed by atoms with Gasteiger partial charge in [-0.1, -0.05) is 6.07 Å². The predicted octanol–water partition coefficient (Wildman–Crippen LogP) is 0.631. The van der Waals surface area contributed by atoms with E-state index in [0.717, 1.165) is 18.5 Å². The number of hydrogen-bond donors (Lipinski definition) is 0. The molecule has 0 aliphatic carbocycles. The molecule has 3 atom stereocenters. The average molecular weight is 384 g/mol. The second-order valence-electron chi connectivity index (χ2n) is 7.35. The highest BCUT2D eigenvalue weighted by atomic mass is 16.5. The second kappa shape index (κ2) is 7.67. The van der Waals surface area contributed by atoms with Crippen LogP contribution in [-0.4, -0.2) is 73.2 Å². The van der Waals surface area contributed by atoms with E-state index in [1.54, 1.807) is 30.1 Å². The predicted molar refractivity (Wildman–Crippen MR) is 99.1 cm³/mol. The molecule has 0 bridgehead atoms. The third-order valence-corrected chi connectivity index (χ3v) is 5.38. The number of aryl methyl sites for hydroxylation is 1. The van der Waals surface area contributed by atoms with Gasteiger partial charge >= 0.3 is 0 Å². The number of hydrogen-bond acceptors (Lipinski definition) is 6. The topological polar surface area (TPSA) is 93.5 Å². The Balaban J connectivity index is 1.36. The summed E-state index contributed by atoms with van der Waals surface area (Å²) in [5.74, 6) is -0.00883. The number of ether oxygens (including phenoxy) is 1. The number of carbonyl (C=O) groups excluding carboxylic acids is 2. The maximum absolute atomic E-state index is 12.8. The Kier molecular flexibility index (Phi) is 5.08. The van der Waals surface area contributed by atoms with Crippen LogP contribution in [0.15, 0.2) is 30.7 Å². The molecule has 9 heteroatoms. The van der Waals surface area contributed by atoms with E-state index in [2.05, 4.69) is 15.1 Å². The van der Waals surface area contributed by atoms with Gasteiger partial charge in [0.15, 0.2) is 0 Å². The van der Waals surface area contributed by atoms with E-state index >= 15 is 0 Å². The smallest absolute Gasteiger partial charge is 0.293 e. The molecule has 0 aromatic carbocycles. The van der Waals surface area contributed by atoms with Crippen LogP contribution in [0.3, 0.4) is 0 Å². The molecule has 0 saturated carbocycles. The summed E-state index contributed by atoms with van der Waals surface area (Å²) < 4.78 is 7.62. The van der Waals surface area contributed by atoms with Crippen molar-refractivity contribution in [2.24, 2.45) is 7.05 Å². The van der Waals surface area contributed by atoms with Crippen molar-refractivity contribution in [2.75, 3.05) is 13.6 Å². The van der Waals surface area contributed by atoms with Gasteiger partial charge in [0, 0.05) is 26.8 Å². The highest BCUT2D eigenvalue weighted by molar-refractivity contribution is 5.91. The lowest BCUT2D eigenvalue weighted by atomic mass is 9.98. The Labute approximate surface area is 163 Å². The number of nitrogens with zero attached hydrogens (tertiary/aromatic N) is 6. The summed E-state index contributed by atoms with van der Waals surface area (Å²) in [6.45, 7) is 1.04. The standard InChI is InChI=1S/C19H24N6O3/c1-23(11-13-5-3-4-9-20-13)18(26)16-7-6-14-15(28-16)8-10-25(14)19(27)17-21-12-24(2)22-17/h3-5,9,12,14-16H,6-8,10-11H2,1-2H3/t14-,15-,16+/m1/s1. The zero-order valence-corrected chi connectivity index (χ0v) is 16.1. The molecule has 0 spiro atoms. The number of rotatable bonds is 4. The highest BCUT2D eigenvalue weighted by Crippen LogP contribution is 2.32. The van der Waals surface area contributed by atoms with Crippen molar-refractivity contribution in [3.05, 3.63) is 42.2 Å². The van der Waals surface area contributed by atoms with Crippen LogP contribution in [0.25, 0.3) is 0 Å². The highest BCUT2D eigenvalue weighted by Gasteiger charge is 2.44. The first-order valence-corrected chi connectivity index (χ1v) is 9.50. The van der Waals surface area contributed by atoms with Gasteiger partial charge in [0.1, 0.15) is 12.4 Å².